The molecule has 1 fully saturated rings. The zero-order chi connectivity index (χ0) is 29.2. The molecule has 4 rings (SSSR count). The zero-order valence-electron chi connectivity index (χ0n) is 23.9. The number of halogens is 1. The number of furan rings is 1. The van der Waals surface area contributed by atoms with Crippen LogP contribution in [0.4, 0.5) is 0 Å². The van der Waals surface area contributed by atoms with Gasteiger partial charge >= 0.3 is 0 Å². The lowest BCUT2D eigenvalue weighted by atomic mass is 10.1. The van der Waals surface area contributed by atoms with Crippen LogP contribution in [0.3, 0.4) is 0 Å². The maximum absolute atomic E-state index is 13.8. The first-order valence-corrected chi connectivity index (χ1v) is 14.1. The van der Waals surface area contributed by atoms with Gasteiger partial charge in [-0.1, -0.05) is 17.7 Å². The van der Waals surface area contributed by atoms with Crippen LogP contribution in [0.15, 0.2) is 59.0 Å². The smallest absolute Gasteiger partial charge is 0.254 e. The molecule has 10 heteroatoms. The Bertz CT molecular complexity index is 1290. The summed E-state index contributed by atoms with van der Waals surface area (Å²) in [6.45, 7) is 6.53. The number of hydrogen-bond donors (Lipinski definition) is 0. The van der Waals surface area contributed by atoms with E-state index in [-0.39, 0.29) is 18.4 Å². The monoisotopic (exact) mass is 583 g/mol. The second-order valence-corrected chi connectivity index (χ2v) is 10.4. The molecule has 1 aromatic heterocycles. The summed E-state index contributed by atoms with van der Waals surface area (Å²) in [4.78, 5) is 33.0. The molecule has 2 heterocycles. The van der Waals surface area contributed by atoms with E-state index >= 15 is 0 Å². The Morgan fingerprint density at radius 3 is 2.32 bits per heavy atom. The van der Waals surface area contributed by atoms with Gasteiger partial charge in [-0.05, 0) is 67.4 Å². The van der Waals surface area contributed by atoms with Gasteiger partial charge in [0.05, 0.1) is 34.0 Å². The molecule has 0 N–H and O–H groups in total. The van der Waals surface area contributed by atoms with Crippen LogP contribution in [0.5, 0.6) is 11.5 Å². The van der Waals surface area contributed by atoms with E-state index in [1.165, 1.54) is 0 Å². The van der Waals surface area contributed by atoms with Crippen LogP contribution in [0.2, 0.25) is 5.02 Å². The van der Waals surface area contributed by atoms with Crippen molar-refractivity contribution in [2.24, 2.45) is 0 Å². The highest BCUT2D eigenvalue weighted by molar-refractivity contribution is 6.30. The molecule has 0 saturated carbocycles. The number of nitrogens with zero attached hydrogens (tertiary/aromatic N) is 3. The molecule has 0 radical (unpaired) electrons. The fraction of sp³-hybridized carbons (Fsp3) is 0.419. The molecular weight excluding hydrogens is 546 g/mol. The lowest BCUT2D eigenvalue weighted by molar-refractivity contribution is -0.132. The summed E-state index contributed by atoms with van der Waals surface area (Å²) in [7, 11) is 3.19. The summed E-state index contributed by atoms with van der Waals surface area (Å²) in [5.41, 5.74) is 1.49. The van der Waals surface area contributed by atoms with Gasteiger partial charge in [0.2, 0.25) is 5.91 Å². The van der Waals surface area contributed by atoms with E-state index in [9.17, 15) is 9.59 Å². The molecule has 1 aliphatic heterocycles. The summed E-state index contributed by atoms with van der Waals surface area (Å²) in [6, 6.07) is 16.2. The highest BCUT2D eigenvalue weighted by Crippen LogP contribution is 2.28. The van der Waals surface area contributed by atoms with Gasteiger partial charge in [0.25, 0.3) is 5.91 Å². The quantitative estimate of drug-likeness (QED) is 0.296. The topological polar surface area (TPSA) is 84.7 Å². The molecule has 0 spiro atoms. The van der Waals surface area contributed by atoms with Gasteiger partial charge in [0, 0.05) is 43.3 Å². The Hall–Kier alpha value is -3.53. The molecule has 1 saturated heterocycles. The first-order valence-electron chi connectivity index (χ1n) is 13.7. The molecule has 220 valence electrons. The summed E-state index contributed by atoms with van der Waals surface area (Å²) in [6.07, 6.45) is 0.588. The number of amides is 2. The van der Waals surface area contributed by atoms with Gasteiger partial charge in [-0.2, -0.15) is 0 Å². The second-order valence-electron chi connectivity index (χ2n) is 9.95. The van der Waals surface area contributed by atoms with Crippen molar-refractivity contribution in [1.82, 2.24) is 14.7 Å². The molecule has 41 heavy (non-hydrogen) atoms. The van der Waals surface area contributed by atoms with Crippen molar-refractivity contribution in [3.05, 3.63) is 82.3 Å². The number of hydrogen-bond acceptors (Lipinski definition) is 7. The van der Waals surface area contributed by atoms with Crippen molar-refractivity contribution < 1.29 is 28.2 Å². The van der Waals surface area contributed by atoms with Crippen molar-refractivity contribution in [1.29, 1.82) is 0 Å². The minimum Gasteiger partial charge on any atom is -0.493 e. The third-order valence-corrected chi connectivity index (χ3v) is 7.36. The van der Waals surface area contributed by atoms with Gasteiger partial charge in [-0.3, -0.25) is 14.5 Å². The lowest BCUT2D eigenvalue weighted by Gasteiger charge is -2.31. The van der Waals surface area contributed by atoms with E-state index in [0.29, 0.717) is 73.7 Å². The molecule has 2 amide bonds. The first-order chi connectivity index (χ1) is 19.9. The fourth-order valence-corrected chi connectivity index (χ4v) is 4.85. The third kappa shape index (κ3) is 8.73. The SMILES string of the molecule is COc1ccc(CCN(Cc2ccc(C)o2)C(=O)CN(CCN2CCOCC2)C(=O)c2ccc(Cl)cc2)cc1OC. The molecule has 0 unspecified atom stereocenters. The summed E-state index contributed by atoms with van der Waals surface area (Å²) in [5.74, 6) is 2.37. The van der Waals surface area contributed by atoms with Gasteiger partial charge < -0.3 is 28.4 Å². The number of aryl methyl sites for hydroxylation is 1. The molecule has 0 bridgehead atoms. The van der Waals surface area contributed by atoms with E-state index in [2.05, 4.69) is 4.90 Å². The second kappa shape index (κ2) is 14.9. The predicted molar refractivity (Wildman–Crippen MR) is 157 cm³/mol. The minimum absolute atomic E-state index is 0.0581. The van der Waals surface area contributed by atoms with Crippen molar-refractivity contribution in [2.45, 2.75) is 19.9 Å². The van der Waals surface area contributed by atoms with Crippen LogP contribution in [0.25, 0.3) is 0 Å². The highest BCUT2D eigenvalue weighted by Gasteiger charge is 2.24. The molecular formula is C31H38ClN3O6. The van der Waals surface area contributed by atoms with Crippen LogP contribution in [-0.4, -0.2) is 93.2 Å². The lowest BCUT2D eigenvalue weighted by Crippen LogP contribution is -2.47. The average molecular weight is 584 g/mol. The number of morpholine rings is 1. The number of rotatable bonds is 13. The van der Waals surface area contributed by atoms with Crippen molar-refractivity contribution in [3.8, 4) is 11.5 Å². The largest absolute Gasteiger partial charge is 0.493 e. The summed E-state index contributed by atoms with van der Waals surface area (Å²) < 4.78 is 22.1. The van der Waals surface area contributed by atoms with Crippen LogP contribution in [0, 0.1) is 6.92 Å². The Balaban J connectivity index is 1.51. The average Bonchev–Trinajstić information content (AvgIpc) is 3.41. The molecule has 0 atom stereocenters. The van der Waals surface area contributed by atoms with E-state index in [0.717, 1.165) is 24.4 Å². The normalized spacial score (nSPS) is 13.6. The number of carbonyl (C=O) groups is 2. The van der Waals surface area contributed by atoms with Gasteiger partial charge in [0.15, 0.2) is 11.5 Å². The standard InChI is InChI=1S/C31H38ClN3O6/c1-23-4-10-27(41-23)21-34(13-12-24-5-11-28(38-2)29(20-24)39-3)30(36)22-35(15-14-33-16-18-40-19-17-33)31(37)25-6-8-26(32)9-7-25/h4-11,20H,12-19,21-22H2,1-3H3. The van der Waals surface area contributed by atoms with Crippen LogP contribution >= 0.6 is 11.6 Å². The number of methoxy groups -OCH3 is 2. The summed E-state index contributed by atoms with van der Waals surface area (Å²) in [5, 5.41) is 0.549. The fourth-order valence-electron chi connectivity index (χ4n) is 4.73. The van der Waals surface area contributed by atoms with E-state index in [4.69, 9.17) is 30.2 Å². The van der Waals surface area contributed by atoms with Gasteiger partial charge in [-0.25, -0.2) is 0 Å². The minimum atomic E-state index is -0.211. The Morgan fingerprint density at radius 2 is 1.66 bits per heavy atom. The van der Waals surface area contributed by atoms with E-state index < -0.39 is 0 Å². The van der Waals surface area contributed by atoms with Crippen molar-refractivity contribution >= 4 is 23.4 Å². The van der Waals surface area contributed by atoms with Crippen LogP contribution in [0.1, 0.15) is 27.4 Å². The Kier molecular flexibility index (Phi) is 11.1. The Morgan fingerprint density at radius 1 is 0.927 bits per heavy atom. The molecule has 0 aliphatic carbocycles. The van der Waals surface area contributed by atoms with E-state index in [1.54, 1.807) is 48.3 Å². The van der Waals surface area contributed by atoms with Crippen molar-refractivity contribution in [2.75, 3.05) is 66.7 Å². The Labute approximate surface area is 246 Å². The molecule has 1 aliphatic rings. The summed E-state index contributed by atoms with van der Waals surface area (Å²) >= 11 is 6.06. The molecule has 3 aromatic rings. The van der Waals surface area contributed by atoms with Gasteiger partial charge in [0.1, 0.15) is 18.1 Å². The first kappa shape index (κ1) is 30.4. The van der Waals surface area contributed by atoms with Crippen molar-refractivity contribution in [3.63, 3.8) is 0 Å². The number of carbonyl (C=O) groups excluding carboxylic acids is 2. The van der Waals surface area contributed by atoms with Gasteiger partial charge in [-0.15, -0.1) is 0 Å². The maximum Gasteiger partial charge on any atom is 0.254 e. The zero-order valence-corrected chi connectivity index (χ0v) is 24.7. The predicted octanol–water partition coefficient (Wildman–Crippen LogP) is 4.30. The number of ether oxygens (including phenoxy) is 3. The maximum atomic E-state index is 13.8. The molecule has 9 nitrogen and oxygen atoms in total. The molecule has 2 aromatic carbocycles. The highest BCUT2D eigenvalue weighted by atomic mass is 35.5. The number of benzene rings is 2. The van der Waals surface area contributed by atoms with Crippen LogP contribution < -0.4 is 9.47 Å². The van der Waals surface area contributed by atoms with E-state index in [1.807, 2.05) is 37.3 Å². The van der Waals surface area contributed by atoms with Crippen LogP contribution in [-0.2, 0) is 22.5 Å². The third-order valence-electron chi connectivity index (χ3n) is 7.11.